The first-order valence-corrected chi connectivity index (χ1v) is 9.09. The van der Waals surface area contributed by atoms with Crippen LogP contribution in [0.5, 0.6) is 11.5 Å². The van der Waals surface area contributed by atoms with E-state index in [2.05, 4.69) is 19.2 Å². The fourth-order valence-electron chi connectivity index (χ4n) is 3.30. The molecule has 1 aliphatic heterocycles. The minimum absolute atomic E-state index is 0.0486. The van der Waals surface area contributed by atoms with E-state index in [0.717, 1.165) is 17.7 Å². The minimum Gasteiger partial charge on any atom is -0.493 e. The molecule has 2 atom stereocenters. The molecule has 2 aromatic rings. The number of ether oxygens (including phenoxy) is 2. The normalized spacial score (nSPS) is 17.3. The summed E-state index contributed by atoms with van der Waals surface area (Å²) in [5.41, 5.74) is 2.54. The Kier molecular flexibility index (Phi) is 5.35. The average Bonchev–Trinajstić information content (AvgIpc) is 2.67. The van der Waals surface area contributed by atoms with E-state index < -0.39 is 0 Å². The molecule has 1 heterocycles. The molecule has 0 aromatic heterocycles. The van der Waals surface area contributed by atoms with Gasteiger partial charge in [0.15, 0.2) is 11.5 Å². The Hall–Kier alpha value is -2.69. The predicted molar refractivity (Wildman–Crippen MR) is 103 cm³/mol. The van der Waals surface area contributed by atoms with Crippen LogP contribution in [0, 0.1) is 0 Å². The van der Waals surface area contributed by atoms with Crippen molar-refractivity contribution >= 4 is 11.6 Å². The monoisotopic (exact) mass is 354 g/mol. The molecular formula is C21H26N2O3. The van der Waals surface area contributed by atoms with Crippen LogP contribution in [-0.4, -0.2) is 30.6 Å². The molecule has 5 heteroatoms. The fourth-order valence-corrected chi connectivity index (χ4v) is 3.30. The molecule has 0 bridgehead atoms. The second-order valence-corrected chi connectivity index (χ2v) is 6.41. The lowest BCUT2D eigenvalue weighted by Gasteiger charge is -2.41. The molecule has 1 N–H and O–H groups in total. The molecule has 1 aliphatic rings. The molecule has 138 valence electrons. The summed E-state index contributed by atoms with van der Waals surface area (Å²) in [6.07, 6.45) is 0.623. The molecule has 0 radical (unpaired) electrons. The highest BCUT2D eigenvalue weighted by Crippen LogP contribution is 2.38. The summed E-state index contributed by atoms with van der Waals surface area (Å²) in [5, 5.41) is 3.52. The van der Waals surface area contributed by atoms with E-state index in [-0.39, 0.29) is 18.1 Å². The van der Waals surface area contributed by atoms with Crippen LogP contribution in [0.1, 0.15) is 49.3 Å². The zero-order valence-corrected chi connectivity index (χ0v) is 15.8. The van der Waals surface area contributed by atoms with Gasteiger partial charge in [-0.3, -0.25) is 4.79 Å². The van der Waals surface area contributed by atoms with Crippen molar-refractivity contribution in [2.45, 2.75) is 39.4 Å². The lowest BCUT2D eigenvalue weighted by Crippen LogP contribution is -2.47. The highest BCUT2D eigenvalue weighted by atomic mass is 16.5. The number of anilines is 1. The third-order valence-corrected chi connectivity index (χ3v) is 4.83. The van der Waals surface area contributed by atoms with E-state index in [1.807, 2.05) is 54.3 Å². The molecule has 0 spiro atoms. The number of amides is 1. The number of hydrogen-bond acceptors (Lipinski definition) is 4. The van der Waals surface area contributed by atoms with Gasteiger partial charge in [0.2, 0.25) is 0 Å². The molecule has 0 saturated carbocycles. The van der Waals surface area contributed by atoms with Gasteiger partial charge in [-0.1, -0.05) is 25.1 Å². The summed E-state index contributed by atoms with van der Waals surface area (Å²) in [6.45, 7) is 6.66. The van der Waals surface area contributed by atoms with E-state index in [9.17, 15) is 4.79 Å². The Morgan fingerprint density at radius 3 is 2.62 bits per heavy atom. The maximum atomic E-state index is 13.2. The van der Waals surface area contributed by atoms with Crippen LogP contribution >= 0.6 is 0 Å². The van der Waals surface area contributed by atoms with Gasteiger partial charge >= 0.3 is 0 Å². The molecule has 0 saturated heterocycles. The third-order valence-electron chi connectivity index (χ3n) is 4.83. The second kappa shape index (κ2) is 7.68. The maximum Gasteiger partial charge on any atom is 0.258 e. The van der Waals surface area contributed by atoms with Gasteiger partial charge in [-0.05, 0) is 50.1 Å². The van der Waals surface area contributed by atoms with E-state index in [1.54, 1.807) is 7.11 Å². The largest absolute Gasteiger partial charge is 0.493 e. The number of nitrogens with one attached hydrogen (secondary N) is 1. The minimum atomic E-state index is -0.252. The van der Waals surface area contributed by atoms with Gasteiger partial charge in [-0.2, -0.15) is 0 Å². The number of carbonyl (C=O) groups excluding carboxylic acids is 1. The number of hydrogen-bond donors (Lipinski definition) is 1. The fraction of sp³-hybridized carbons (Fsp3) is 0.381. The van der Waals surface area contributed by atoms with Crippen molar-refractivity contribution in [2.75, 3.05) is 19.0 Å². The van der Waals surface area contributed by atoms with E-state index >= 15 is 0 Å². The van der Waals surface area contributed by atoms with Crippen LogP contribution in [0.2, 0.25) is 0 Å². The number of para-hydroxylation sites is 1. The first-order valence-electron chi connectivity index (χ1n) is 9.09. The molecule has 3 rings (SSSR count). The predicted octanol–water partition coefficient (Wildman–Crippen LogP) is 4.46. The Balaban J connectivity index is 2.06. The van der Waals surface area contributed by atoms with Crippen molar-refractivity contribution in [3.63, 3.8) is 0 Å². The van der Waals surface area contributed by atoms with Gasteiger partial charge < -0.3 is 19.7 Å². The van der Waals surface area contributed by atoms with Crippen molar-refractivity contribution < 1.29 is 14.3 Å². The molecule has 0 aliphatic carbocycles. The highest BCUT2D eigenvalue weighted by Gasteiger charge is 2.35. The summed E-state index contributed by atoms with van der Waals surface area (Å²) in [7, 11) is 1.63. The first-order chi connectivity index (χ1) is 12.6. The number of methoxy groups -OCH3 is 1. The topological polar surface area (TPSA) is 50.8 Å². The number of nitrogens with zero attached hydrogens (tertiary/aromatic N) is 1. The highest BCUT2D eigenvalue weighted by molar-refractivity contribution is 6.01. The van der Waals surface area contributed by atoms with Crippen LogP contribution in [0.4, 0.5) is 5.69 Å². The van der Waals surface area contributed by atoms with Crippen molar-refractivity contribution in [2.24, 2.45) is 0 Å². The van der Waals surface area contributed by atoms with Gasteiger partial charge in [0.1, 0.15) is 6.17 Å². The molecular weight excluding hydrogens is 328 g/mol. The van der Waals surface area contributed by atoms with E-state index in [0.29, 0.717) is 23.7 Å². The lowest BCUT2D eigenvalue weighted by molar-refractivity contribution is 0.0593. The number of benzene rings is 2. The molecule has 2 aromatic carbocycles. The van der Waals surface area contributed by atoms with Gasteiger partial charge in [0.25, 0.3) is 5.91 Å². The van der Waals surface area contributed by atoms with Crippen molar-refractivity contribution in [3.05, 3.63) is 53.6 Å². The quantitative estimate of drug-likeness (QED) is 0.832. The van der Waals surface area contributed by atoms with Crippen molar-refractivity contribution in [1.82, 2.24) is 4.90 Å². The smallest absolute Gasteiger partial charge is 0.258 e. The zero-order valence-electron chi connectivity index (χ0n) is 15.8. The van der Waals surface area contributed by atoms with E-state index in [1.165, 1.54) is 0 Å². The van der Waals surface area contributed by atoms with Crippen molar-refractivity contribution in [3.8, 4) is 11.5 Å². The van der Waals surface area contributed by atoms with Gasteiger partial charge in [0, 0.05) is 11.7 Å². The molecule has 0 unspecified atom stereocenters. The Labute approximate surface area is 154 Å². The van der Waals surface area contributed by atoms with Crippen LogP contribution in [-0.2, 0) is 0 Å². The standard InChI is InChI=1S/C21H26N2O3/c1-5-14(3)23-20(22-17-10-8-7-9-16(17)21(23)24)15-11-12-18(25-4)19(13-15)26-6-2/h7-14,20,22H,5-6H2,1-4H3/t14-,20-/m1/s1. The SMILES string of the molecule is CCOc1cc([C@@H]2Nc3ccccc3C(=O)N2[C@H](C)CC)ccc1OC. The van der Waals surface area contributed by atoms with Crippen LogP contribution in [0.25, 0.3) is 0 Å². The van der Waals surface area contributed by atoms with Crippen LogP contribution < -0.4 is 14.8 Å². The summed E-state index contributed by atoms with van der Waals surface area (Å²) in [4.78, 5) is 15.1. The Morgan fingerprint density at radius 2 is 1.92 bits per heavy atom. The second-order valence-electron chi connectivity index (χ2n) is 6.41. The van der Waals surface area contributed by atoms with Gasteiger partial charge in [0.05, 0.1) is 19.3 Å². The lowest BCUT2D eigenvalue weighted by atomic mass is 10.0. The number of rotatable bonds is 6. The summed E-state index contributed by atoms with van der Waals surface area (Å²) in [6, 6.07) is 13.6. The van der Waals surface area contributed by atoms with Crippen LogP contribution in [0.3, 0.4) is 0 Å². The maximum absolute atomic E-state index is 13.2. The number of carbonyl (C=O) groups is 1. The molecule has 5 nitrogen and oxygen atoms in total. The van der Waals surface area contributed by atoms with Gasteiger partial charge in [-0.15, -0.1) is 0 Å². The summed E-state index contributed by atoms with van der Waals surface area (Å²) in [5.74, 6) is 1.42. The Bertz CT molecular complexity index is 791. The van der Waals surface area contributed by atoms with Gasteiger partial charge in [-0.25, -0.2) is 0 Å². The first kappa shape index (κ1) is 18.1. The van der Waals surface area contributed by atoms with Crippen molar-refractivity contribution in [1.29, 1.82) is 0 Å². The Morgan fingerprint density at radius 1 is 1.15 bits per heavy atom. The molecule has 26 heavy (non-hydrogen) atoms. The summed E-state index contributed by atoms with van der Waals surface area (Å²) >= 11 is 0. The molecule has 1 amide bonds. The zero-order chi connectivity index (χ0) is 18.7. The average molecular weight is 354 g/mol. The third kappa shape index (κ3) is 3.21. The van der Waals surface area contributed by atoms with E-state index in [4.69, 9.17) is 9.47 Å². The molecule has 0 fully saturated rings. The summed E-state index contributed by atoms with van der Waals surface area (Å²) < 4.78 is 11.1. The number of fused-ring (bicyclic) bond motifs is 1. The van der Waals surface area contributed by atoms with Crippen LogP contribution in [0.15, 0.2) is 42.5 Å².